The molecule has 0 amide bonds. The number of hydrogen-bond acceptors (Lipinski definition) is 5. The average molecular weight is 431 g/mol. The molecular formula is C23H27ClN2O4. The molecule has 0 fully saturated rings. The average Bonchev–Trinajstić information content (AvgIpc) is 2.71. The van der Waals surface area contributed by atoms with Crippen molar-refractivity contribution >= 4 is 22.5 Å². The highest BCUT2D eigenvalue weighted by Gasteiger charge is 2.15. The van der Waals surface area contributed by atoms with E-state index >= 15 is 0 Å². The number of methoxy groups -OCH3 is 1. The minimum Gasteiger partial charge on any atom is -0.490 e. The zero-order valence-corrected chi connectivity index (χ0v) is 18.5. The molecule has 0 spiro atoms. The van der Waals surface area contributed by atoms with Crippen molar-refractivity contribution in [1.29, 1.82) is 0 Å². The molecule has 6 nitrogen and oxygen atoms in total. The molecule has 7 heteroatoms. The second-order valence-corrected chi connectivity index (χ2v) is 7.77. The van der Waals surface area contributed by atoms with E-state index in [-0.39, 0.29) is 11.5 Å². The van der Waals surface area contributed by atoms with Gasteiger partial charge in [0.25, 0.3) is 5.56 Å². The Bertz CT molecular complexity index is 1080. The van der Waals surface area contributed by atoms with Gasteiger partial charge in [0.05, 0.1) is 35.7 Å². The Morgan fingerprint density at radius 3 is 2.60 bits per heavy atom. The highest BCUT2D eigenvalue weighted by Crippen LogP contribution is 2.36. The van der Waals surface area contributed by atoms with Gasteiger partial charge >= 0.3 is 0 Å². The number of H-pyrrole nitrogens is 1. The monoisotopic (exact) mass is 430 g/mol. The summed E-state index contributed by atoms with van der Waals surface area (Å²) in [4.78, 5) is 19.7. The number of halogens is 1. The second-order valence-electron chi connectivity index (χ2n) is 7.36. The van der Waals surface area contributed by atoms with Gasteiger partial charge in [0, 0.05) is 7.11 Å². The van der Waals surface area contributed by atoms with Crippen molar-refractivity contribution in [3.05, 3.63) is 57.1 Å². The Hall–Kier alpha value is -2.41. The number of aryl methyl sites for hydroxylation is 1. The highest BCUT2D eigenvalue weighted by molar-refractivity contribution is 6.32. The van der Waals surface area contributed by atoms with Gasteiger partial charge in [0.15, 0.2) is 0 Å². The van der Waals surface area contributed by atoms with Crippen LogP contribution < -0.4 is 10.3 Å². The van der Waals surface area contributed by atoms with Gasteiger partial charge in [-0.15, -0.1) is 0 Å². The summed E-state index contributed by atoms with van der Waals surface area (Å²) in [6, 6.07) is 9.55. The fraction of sp³-hybridized carbons (Fsp3) is 0.391. The molecule has 0 aliphatic rings. The van der Waals surface area contributed by atoms with E-state index in [1.54, 1.807) is 14.0 Å². The molecule has 0 atom stereocenters. The summed E-state index contributed by atoms with van der Waals surface area (Å²) < 4.78 is 16.2. The summed E-state index contributed by atoms with van der Waals surface area (Å²) in [5, 5.41) is 1.08. The number of nitrogens with zero attached hydrogens (tertiary/aromatic N) is 1. The molecule has 1 aromatic heterocycles. The van der Waals surface area contributed by atoms with E-state index in [9.17, 15) is 4.79 Å². The fourth-order valence-corrected chi connectivity index (χ4v) is 3.46. The molecule has 0 unspecified atom stereocenters. The number of aromatic nitrogens is 2. The maximum Gasteiger partial charge on any atom is 0.258 e. The van der Waals surface area contributed by atoms with Crippen molar-refractivity contribution in [3.63, 3.8) is 0 Å². The molecule has 0 saturated heterocycles. The van der Waals surface area contributed by atoms with Crippen LogP contribution in [0.25, 0.3) is 22.0 Å². The van der Waals surface area contributed by atoms with Crippen molar-refractivity contribution in [1.82, 2.24) is 9.97 Å². The van der Waals surface area contributed by atoms with Crippen molar-refractivity contribution < 1.29 is 14.2 Å². The zero-order chi connectivity index (χ0) is 21.7. The second kappa shape index (κ2) is 10.1. The Balaban J connectivity index is 1.94. The number of ether oxygens (including phenoxy) is 3. The van der Waals surface area contributed by atoms with Crippen molar-refractivity contribution in [2.24, 2.45) is 0 Å². The first-order valence-corrected chi connectivity index (χ1v) is 10.3. The molecule has 3 rings (SSSR count). The first-order chi connectivity index (χ1) is 14.4. The summed E-state index contributed by atoms with van der Waals surface area (Å²) in [5.74, 6) is 1.43. The number of rotatable bonds is 9. The van der Waals surface area contributed by atoms with E-state index in [2.05, 4.69) is 23.8 Å². The van der Waals surface area contributed by atoms with E-state index in [4.69, 9.17) is 25.8 Å². The van der Waals surface area contributed by atoms with Crippen molar-refractivity contribution in [2.45, 2.75) is 26.7 Å². The SMILES string of the molecule is COCCOCCOc1cc(-c2cc3c(=O)[nH]c(C)nc3cc2C(C)C)ccc1Cl. The van der Waals surface area contributed by atoms with Gasteiger partial charge in [-0.2, -0.15) is 0 Å². The van der Waals surface area contributed by atoms with Gasteiger partial charge in [-0.3, -0.25) is 4.79 Å². The normalized spacial score (nSPS) is 11.4. The van der Waals surface area contributed by atoms with E-state index in [0.29, 0.717) is 53.9 Å². The molecule has 0 aliphatic heterocycles. The quantitative estimate of drug-likeness (QED) is 0.497. The predicted molar refractivity (Wildman–Crippen MR) is 120 cm³/mol. The molecule has 3 aromatic rings. The number of nitrogens with one attached hydrogen (secondary N) is 1. The number of hydrogen-bond donors (Lipinski definition) is 1. The molecule has 0 aliphatic carbocycles. The summed E-state index contributed by atoms with van der Waals surface area (Å²) in [6.07, 6.45) is 0. The van der Waals surface area contributed by atoms with E-state index in [1.165, 1.54) is 0 Å². The van der Waals surface area contributed by atoms with E-state index < -0.39 is 0 Å². The molecule has 30 heavy (non-hydrogen) atoms. The predicted octanol–water partition coefficient (Wildman–Crippen LogP) is 4.72. The third-order valence-corrected chi connectivity index (χ3v) is 5.09. The molecule has 1 N–H and O–H groups in total. The number of aromatic amines is 1. The molecule has 0 radical (unpaired) electrons. The first-order valence-electron chi connectivity index (χ1n) is 9.94. The lowest BCUT2D eigenvalue weighted by molar-refractivity contribution is 0.0544. The Kier molecular flexibility index (Phi) is 7.48. The van der Waals surface area contributed by atoms with Crippen LogP contribution in [0.5, 0.6) is 5.75 Å². The van der Waals surface area contributed by atoms with E-state index in [0.717, 1.165) is 16.7 Å². The Labute approximate surface area is 181 Å². The largest absolute Gasteiger partial charge is 0.490 e. The van der Waals surface area contributed by atoms with Crippen LogP contribution in [0, 0.1) is 6.92 Å². The van der Waals surface area contributed by atoms with Gasteiger partial charge in [0.2, 0.25) is 0 Å². The fourth-order valence-electron chi connectivity index (χ4n) is 3.28. The summed E-state index contributed by atoms with van der Waals surface area (Å²) in [6.45, 7) is 7.91. The zero-order valence-electron chi connectivity index (χ0n) is 17.8. The standard InChI is InChI=1S/C23H27ClN2O4/c1-14(2)17-13-21-19(23(27)26-15(3)25-21)12-18(17)16-5-6-20(24)22(11-16)30-10-9-29-8-7-28-4/h5-6,11-14H,7-10H2,1-4H3,(H,25,26,27). The summed E-state index contributed by atoms with van der Waals surface area (Å²) in [5.41, 5.74) is 3.55. The molecule has 1 heterocycles. The molecule has 0 saturated carbocycles. The van der Waals surface area contributed by atoms with Gasteiger partial charge < -0.3 is 19.2 Å². The third kappa shape index (κ3) is 5.19. The van der Waals surface area contributed by atoms with E-state index in [1.807, 2.05) is 30.3 Å². The Morgan fingerprint density at radius 1 is 1.10 bits per heavy atom. The lowest BCUT2D eigenvalue weighted by Gasteiger charge is -2.16. The molecule has 160 valence electrons. The van der Waals surface area contributed by atoms with Crippen molar-refractivity contribution in [3.8, 4) is 16.9 Å². The van der Waals surface area contributed by atoms with Crippen LogP contribution in [-0.2, 0) is 9.47 Å². The van der Waals surface area contributed by atoms with Crippen LogP contribution in [0.15, 0.2) is 35.1 Å². The third-order valence-electron chi connectivity index (χ3n) is 4.78. The smallest absolute Gasteiger partial charge is 0.258 e. The summed E-state index contributed by atoms with van der Waals surface area (Å²) >= 11 is 6.34. The van der Waals surface area contributed by atoms with Crippen LogP contribution in [0.3, 0.4) is 0 Å². The van der Waals surface area contributed by atoms with Gasteiger partial charge in [0.1, 0.15) is 18.2 Å². The lowest BCUT2D eigenvalue weighted by Crippen LogP contribution is -2.11. The minimum absolute atomic E-state index is 0.146. The topological polar surface area (TPSA) is 73.4 Å². The Morgan fingerprint density at radius 2 is 1.87 bits per heavy atom. The number of fused-ring (bicyclic) bond motifs is 1. The van der Waals surface area contributed by atoms with Gasteiger partial charge in [-0.05, 0) is 53.8 Å². The maximum absolute atomic E-state index is 12.5. The van der Waals surface area contributed by atoms with Crippen LogP contribution in [-0.4, -0.2) is 43.5 Å². The molecule has 0 bridgehead atoms. The molecular weight excluding hydrogens is 404 g/mol. The maximum atomic E-state index is 12.5. The van der Waals surface area contributed by atoms with Crippen LogP contribution >= 0.6 is 11.6 Å². The summed E-state index contributed by atoms with van der Waals surface area (Å²) in [7, 11) is 1.63. The van der Waals surface area contributed by atoms with Crippen LogP contribution in [0.4, 0.5) is 0 Å². The molecule has 2 aromatic carbocycles. The van der Waals surface area contributed by atoms with Gasteiger partial charge in [-0.25, -0.2) is 4.98 Å². The van der Waals surface area contributed by atoms with Crippen molar-refractivity contribution in [2.75, 3.05) is 33.5 Å². The minimum atomic E-state index is -0.146. The van der Waals surface area contributed by atoms with Crippen LogP contribution in [0.1, 0.15) is 31.2 Å². The highest BCUT2D eigenvalue weighted by atomic mass is 35.5. The lowest BCUT2D eigenvalue weighted by atomic mass is 9.91. The van der Waals surface area contributed by atoms with Crippen LogP contribution in [0.2, 0.25) is 5.02 Å². The number of benzene rings is 2. The first kappa shape index (κ1) is 22.3. The van der Waals surface area contributed by atoms with Gasteiger partial charge in [-0.1, -0.05) is 31.5 Å².